The van der Waals surface area contributed by atoms with Gasteiger partial charge in [-0.1, -0.05) is 13.8 Å². The van der Waals surface area contributed by atoms with Crippen molar-refractivity contribution in [2.75, 3.05) is 13.1 Å². The van der Waals surface area contributed by atoms with E-state index in [0.29, 0.717) is 12.1 Å². The van der Waals surface area contributed by atoms with E-state index in [0.717, 1.165) is 62.1 Å². The van der Waals surface area contributed by atoms with Crippen molar-refractivity contribution in [2.45, 2.75) is 65.7 Å². The Morgan fingerprint density at radius 2 is 1.23 bits per heavy atom. The Morgan fingerprint density at radius 3 is 1.58 bits per heavy atom. The van der Waals surface area contributed by atoms with Gasteiger partial charge in [-0.25, -0.2) is 19.9 Å². The van der Waals surface area contributed by atoms with Gasteiger partial charge in [0.1, 0.15) is 11.6 Å². The summed E-state index contributed by atoms with van der Waals surface area (Å²) < 4.78 is 0. The molecule has 0 saturated carbocycles. The average molecular weight is 355 g/mol. The molecule has 1 saturated heterocycles. The van der Waals surface area contributed by atoms with E-state index in [1.165, 1.54) is 0 Å². The molecule has 0 aliphatic carbocycles. The molecule has 140 valence electrons. The van der Waals surface area contributed by atoms with E-state index in [1.807, 2.05) is 38.4 Å². The van der Waals surface area contributed by atoms with Gasteiger partial charge >= 0.3 is 0 Å². The number of aryl methyl sites for hydroxylation is 2. The maximum Gasteiger partial charge on any atom is 0.142 e. The highest BCUT2D eigenvalue weighted by atomic mass is 15.3. The van der Waals surface area contributed by atoms with Crippen molar-refractivity contribution in [1.82, 2.24) is 29.7 Å². The molecule has 0 amide bonds. The normalized spacial score (nSPS) is 21.8. The molecule has 3 heterocycles. The molecule has 6 heteroatoms. The van der Waals surface area contributed by atoms with Crippen LogP contribution < -0.4 is 0 Å². The summed E-state index contributed by atoms with van der Waals surface area (Å²) in [6.07, 6.45) is 5.96. The highest BCUT2D eigenvalue weighted by molar-refractivity contribution is 5.02. The lowest BCUT2D eigenvalue weighted by molar-refractivity contribution is 0.0122. The monoisotopic (exact) mass is 354 g/mol. The lowest BCUT2D eigenvalue weighted by Gasteiger charge is -2.45. The number of hydrogen-bond acceptors (Lipinski definition) is 6. The molecule has 2 atom stereocenters. The molecule has 1 aliphatic heterocycles. The van der Waals surface area contributed by atoms with Crippen molar-refractivity contribution in [3.8, 4) is 0 Å². The molecule has 0 spiro atoms. The quantitative estimate of drug-likeness (QED) is 0.795. The lowest BCUT2D eigenvalue weighted by atomic mass is 10.0. The van der Waals surface area contributed by atoms with Crippen LogP contribution in [0.15, 0.2) is 24.5 Å². The molecule has 2 aromatic rings. The van der Waals surface area contributed by atoms with E-state index in [4.69, 9.17) is 0 Å². The van der Waals surface area contributed by atoms with E-state index in [9.17, 15) is 0 Å². The number of nitrogens with zero attached hydrogens (tertiary/aromatic N) is 6. The van der Waals surface area contributed by atoms with Crippen molar-refractivity contribution in [1.29, 1.82) is 0 Å². The molecule has 0 bridgehead atoms. The van der Waals surface area contributed by atoms with E-state index in [2.05, 4.69) is 43.6 Å². The smallest absolute Gasteiger partial charge is 0.142 e. The van der Waals surface area contributed by atoms with Crippen LogP contribution in [-0.4, -0.2) is 54.9 Å². The molecule has 26 heavy (non-hydrogen) atoms. The Kier molecular flexibility index (Phi) is 6.27. The molecule has 0 aromatic carbocycles. The van der Waals surface area contributed by atoms with Crippen LogP contribution in [0.5, 0.6) is 0 Å². The standard InChI is InChI=1S/C20H30N6/c1-5-17-11-26(14-20-22-10-8-16(4)24-20)18(6-2)12-25(17)13-19-21-9-7-15(3)23-19/h7-10,17-18H,5-6,11-14H2,1-4H3. The summed E-state index contributed by atoms with van der Waals surface area (Å²) >= 11 is 0. The number of aromatic nitrogens is 4. The Hall–Kier alpha value is -1.92. The minimum absolute atomic E-state index is 0.506. The van der Waals surface area contributed by atoms with Crippen LogP contribution >= 0.6 is 0 Å². The Morgan fingerprint density at radius 1 is 0.808 bits per heavy atom. The zero-order valence-corrected chi connectivity index (χ0v) is 16.4. The SMILES string of the molecule is CCC1CN(Cc2nccc(C)n2)C(CC)CN1Cc1nccc(C)n1. The van der Waals surface area contributed by atoms with Gasteiger partial charge in [-0.05, 0) is 38.8 Å². The predicted molar refractivity (Wildman–Crippen MR) is 103 cm³/mol. The maximum absolute atomic E-state index is 4.60. The number of piperazine rings is 1. The van der Waals surface area contributed by atoms with Gasteiger partial charge in [-0.2, -0.15) is 0 Å². The summed E-state index contributed by atoms with van der Waals surface area (Å²) in [5.74, 6) is 1.85. The van der Waals surface area contributed by atoms with E-state index >= 15 is 0 Å². The van der Waals surface area contributed by atoms with Gasteiger partial charge in [0.2, 0.25) is 0 Å². The van der Waals surface area contributed by atoms with Crippen LogP contribution in [0.25, 0.3) is 0 Å². The van der Waals surface area contributed by atoms with Crippen LogP contribution in [-0.2, 0) is 13.1 Å². The topological polar surface area (TPSA) is 58.0 Å². The summed E-state index contributed by atoms with van der Waals surface area (Å²) in [6.45, 7) is 12.3. The third-order valence-electron chi connectivity index (χ3n) is 5.24. The van der Waals surface area contributed by atoms with Crippen molar-refractivity contribution in [2.24, 2.45) is 0 Å². The van der Waals surface area contributed by atoms with Gasteiger partial charge in [0, 0.05) is 49.0 Å². The second kappa shape index (κ2) is 8.64. The van der Waals surface area contributed by atoms with Gasteiger partial charge < -0.3 is 0 Å². The summed E-state index contributed by atoms with van der Waals surface area (Å²) in [4.78, 5) is 23.2. The maximum atomic E-state index is 4.60. The van der Waals surface area contributed by atoms with Gasteiger partial charge in [0.15, 0.2) is 0 Å². The highest BCUT2D eigenvalue weighted by Gasteiger charge is 2.32. The van der Waals surface area contributed by atoms with Crippen LogP contribution in [0.4, 0.5) is 0 Å². The van der Waals surface area contributed by atoms with Crippen molar-refractivity contribution < 1.29 is 0 Å². The second-order valence-electron chi connectivity index (χ2n) is 7.21. The first-order chi connectivity index (χ1) is 12.6. The largest absolute Gasteiger partial charge is 0.290 e. The van der Waals surface area contributed by atoms with Gasteiger partial charge in [-0.3, -0.25) is 9.80 Å². The fourth-order valence-electron chi connectivity index (χ4n) is 3.75. The first kappa shape index (κ1) is 18.9. The Balaban J connectivity index is 1.72. The van der Waals surface area contributed by atoms with Gasteiger partial charge in [0.05, 0.1) is 13.1 Å². The Bertz CT molecular complexity index is 657. The van der Waals surface area contributed by atoms with Crippen molar-refractivity contribution >= 4 is 0 Å². The molecular weight excluding hydrogens is 324 g/mol. The minimum Gasteiger partial charge on any atom is -0.290 e. The van der Waals surface area contributed by atoms with Crippen molar-refractivity contribution in [3.05, 3.63) is 47.6 Å². The summed E-state index contributed by atoms with van der Waals surface area (Å²) in [5.41, 5.74) is 2.07. The first-order valence-electron chi connectivity index (χ1n) is 9.64. The zero-order chi connectivity index (χ0) is 18.5. The lowest BCUT2D eigenvalue weighted by Crippen LogP contribution is -2.57. The number of rotatable bonds is 6. The molecule has 1 fully saturated rings. The predicted octanol–water partition coefficient (Wildman–Crippen LogP) is 2.76. The summed E-state index contributed by atoms with van der Waals surface area (Å²) in [5, 5.41) is 0. The minimum atomic E-state index is 0.506. The molecule has 6 nitrogen and oxygen atoms in total. The molecule has 3 rings (SSSR count). The summed E-state index contributed by atoms with van der Waals surface area (Å²) in [7, 11) is 0. The van der Waals surface area contributed by atoms with Crippen LogP contribution in [0.2, 0.25) is 0 Å². The summed E-state index contributed by atoms with van der Waals surface area (Å²) in [6, 6.07) is 4.92. The molecule has 2 aromatic heterocycles. The number of hydrogen-bond donors (Lipinski definition) is 0. The van der Waals surface area contributed by atoms with Gasteiger partial charge in [-0.15, -0.1) is 0 Å². The van der Waals surface area contributed by atoms with Crippen molar-refractivity contribution in [3.63, 3.8) is 0 Å². The van der Waals surface area contributed by atoms with Gasteiger partial charge in [0.25, 0.3) is 0 Å². The molecular formula is C20H30N6. The van der Waals surface area contributed by atoms with E-state index < -0.39 is 0 Å². The first-order valence-corrected chi connectivity index (χ1v) is 9.64. The van der Waals surface area contributed by atoms with Crippen LogP contribution in [0.3, 0.4) is 0 Å². The average Bonchev–Trinajstić information content (AvgIpc) is 2.62. The Labute approximate surface area is 156 Å². The third kappa shape index (κ3) is 4.62. The van der Waals surface area contributed by atoms with E-state index in [1.54, 1.807) is 0 Å². The third-order valence-corrected chi connectivity index (χ3v) is 5.24. The fraction of sp³-hybridized carbons (Fsp3) is 0.600. The molecule has 0 radical (unpaired) electrons. The molecule has 0 N–H and O–H groups in total. The van der Waals surface area contributed by atoms with Crippen LogP contribution in [0.1, 0.15) is 49.7 Å². The molecule has 2 unspecified atom stereocenters. The second-order valence-corrected chi connectivity index (χ2v) is 7.21. The zero-order valence-electron chi connectivity index (χ0n) is 16.4. The van der Waals surface area contributed by atoms with Crippen LogP contribution in [0, 0.1) is 13.8 Å². The fourth-order valence-corrected chi connectivity index (χ4v) is 3.75. The van der Waals surface area contributed by atoms with E-state index in [-0.39, 0.29) is 0 Å². The molecule has 1 aliphatic rings. The highest BCUT2D eigenvalue weighted by Crippen LogP contribution is 2.22.